The van der Waals surface area contributed by atoms with Crippen LogP contribution in [-0.4, -0.2) is 23.8 Å². The van der Waals surface area contributed by atoms with Crippen LogP contribution in [0.15, 0.2) is 18.2 Å². The third-order valence-corrected chi connectivity index (χ3v) is 2.05. The topological polar surface area (TPSA) is 49.3 Å². The number of carbonyl (C=O) groups is 1. The fourth-order valence-electron chi connectivity index (χ4n) is 1.28. The van der Waals surface area contributed by atoms with Crippen LogP contribution in [0.2, 0.25) is 0 Å². The fraction of sp³-hybridized carbons (Fsp3) is 0.300. The normalized spacial score (nSPS) is 12.3. The highest BCUT2D eigenvalue weighted by Crippen LogP contribution is 2.33. The lowest BCUT2D eigenvalue weighted by Crippen LogP contribution is -2.22. The van der Waals surface area contributed by atoms with Crippen LogP contribution in [0, 0.1) is 0 Å². The van der Waals surface area contributed by atoms with Crippen molar-refractivity contribution < 1.29 is 36.2 Å². The van der Waals surface area contributed by atoms with Gasteiger partial charge in [0.2, 0.25) is 0 Å². The minimum atomic E-state index is -4.89. The number of rotatable bonds is 3. The van der Waals surface area contributed by atoms with E-state index in [9.17, 15) is 31.1 Å². The molecule has 2 N–H and O–H groups in total. The van der Waals surface area contributed by atoms with E-state index in [0.717, 1.165) is 6.07 Å². The molecule has 0 unspecified atom stereocenters. The maximum atomic E-state index is 12.5. The number of hydrogen-bond acceptors (Lipinski definition) is 2. The number of anilines is 1. The molecule has 0 spiro atoms. The first-order valence-corrected chi connectivity index (χ1v) is 4.76. The Morgan fingerprint density at radius 2 is 1.74 bits per heavy atom. The van der Waals surface area contributed by atoms with E-state index in [0.29, 0.717) is 12.1 Å². The number of nitrogens with one attached hydrogen (secondary N) is 1. The summed E-state index contributed by atoms with van der Waals surface area (Å²) in [7, 11) is 0. The van der Waals surface area contributed by atoms with Crippen LogP contribution in [0.1, 0.15) is 15.9 Å². The van der Waals surface area contributed by atoms with Crippen molar-refractivity contribution >= 4 is 11.7 Å². The van der Waals surface area contributed by atoms with Gasteiger partial charge in [-0.05, 0) is 18.2 Å². The molecule has 0 aromatic heterocycles. The van der Waals surface area contributed by atoms with Crippen LogP contribution in [0.3, 0.4) is 0 Å². The van der Waals surface area contributed by atoms with Crippen molar-refractivity contribution in [3.8, 4) is 0 Å². The Bertz CT molecular complexity index is 480. The van der Waals surface area contributed by atoms with E-state index in [4.69, 9.17) is 5.11 Å². The second-order valence-electron chi connectivity index (χ2n) is 3.53. The number of carboxylic acids is 1. The summed E-state index contributed by atoms with van der Waals surface area (Å²) in [5.41, 5.74) is -2.89. The summed E-state index contributed by atoms with van der Waals surface area (Å²) in [5, 5.41) is 10.4. The molecule has 0 saturated heterocycles. The summed E-state index contributed by atoms with van der Waals surface area (Å²) in [5.74, 6) is -1.87. The molecular weight excluding hydrogens is 280 g/mol. The van der Waals surface area contributed by atoms with E-state index in [-0.39, 0.29) is 5.69 Å². The minimum absolute atomic E-state index is 0.359. The van der Waals surface area contributed by atoms with Gasteiger partial charge in [0, 0.05) is 5.69 Å². The van der Waals surface area contributed by atoms with Gasteiger partial charge >= 0.3 is 18.3 Å². The molecule has 0 amide bonds. The molecular formula is C10H7F6NO2. The first-order valence-electron chi connectivity index (χ1n) is 4.76. The van der Waals surface area contributed by atoms with E-state index in [1.807, 2.05) is 0 Å². The molecule has 0 fully saturated rings. The molecule has 0 bridgehead atoms. The van der Waals surface area contributed by atoms with Crippen molar-refractivity contribution in [3.63, 3.8) is 0 Å². The van der Waals surface area contributed by atoms with Gasteiger partial charge in [-0.25, -0.2) is 4.79 Å². The van der Waals surface area contributed by atoms with Gasteiger partial charge in [-0.2, -0.15) is 26.3 Å². The van der Waals surface area contributed by atoms with Crippen LogP contribution in [0.25, 0.3) is 0 Å². The molecule has 1 rings (SSSR count). The molecule has 1 aromatic carbocycles. The number of halogens is 6. The predicted octanol–water partition coefficient (Wildman–Crippen LogP) is 3.38. The predicted molar refractivity (Wildman–Crippen MR) is 52.9 cm³/mol. The van der Waals surface area contributed by atoms with Crippen molar-refractivity contribution in [2.75, 3.05) is 11.9 Å². The highest BCUT2D eigenvalue weighted by Gasteiger charge is 2.35. The molecule has 0 atom stereocenters. The number of hydrogen-bond donors (Lipinski definition) is 2. The van der Waals surface area contributed by atoms with E-state index >= 15 is 0 Å². The van der Waals surface area contributed by atoms with Crippen molar-refractivity contribution in [3.05, 3.63) is 29.3 Å². The summed E-state index contributed by atoms with van der Waals surface area (Å²) >= 11 is 0. The Labute approximate surface area is 102 Å². The molecule has 0 aliphatic heterocycles. The first kappa shape index (κ1) is 15.1. The van der Waals surface area contributed by atoms with Gasteiger partial charge in [0.1, 0.15) is 6.54 Å². The largest absolute Gasteiger partial charge is 0.478 e. The molecule has 1 aromatic rings. The lowest BCUT2D eigenvalue weighted by molar-refractivity contribution is -0.138. The molecule has 3 nitrogen and oxygen atoms in total. The molecule has 9 heteroatoms. The van der Waals surface area contributed by atoms with Crippen LogP contribution in [-0.2, 0) is 6.18 Å². The summed E-state index contributed by atoms with van der Waals surface area (Å²) in [6, 6.07) is 1.67. The van der Waals surface area contributed by atoms with Gasteiger partial charge in [0.15, 0.2) is 0 Å². The molecule has 0 heterocycles. The summed E-state index contributed by atoms with van der Waals surface area (Å²) in [4.78, 5) is 10.7. The van der Waals surface area contributed by atoms with Crippen molar-refractivity contribution in [1.82, 2.24) is 0 Å². The second kappa shape index (κ2) is 4.98. The lowest BCUT2D eigenvalue weighted by atomic mass is 10.1. The van der Waals surface area contributed by atoms with E-state index in [1.165, 1.54) is 0 Å². The third-order valence-electron chi connectivity index (χ3n) is 2.05. The number of carboxylic acid groups (broad SMARTS) is 1. The van der Waals surface area contributed by atoms with Gasteiger partial charge in [-0.15, -0.1) is 0 Å². The Kier molecular flexibility index (Phi) is 3.97. The SMILES string of the molecule is O=C(O)c1cc(NCC(F)(F)F)ccc1C(F)(F)F. The van der Waals surface area contributed by atoms with Crippen molar-refractivity contribution in [1.29, 1.82) is 0 Å². The highest BCUT2D eigenvalue weighted by atomic mass is 19.4. The Hall–Kier alpha value is -1.93. The van der Waals surface area contributed by atoms with E-state index < -0.39 is 36.0 Å². The molecule has 0 aliphatic rings. The van der Waals surface area contributed by atoms with Gasteiger partial charge in [-0.1, -0.05) is 0 Å². The minimum Gasteiger partial charge on any atom is -0.478 e. The Morgan fingerprint density at radius 3 is 2.16 bits per heavy atom. The van der Waals surface area contributed by atoms with E-state index in [2.05, 4.69) is 0 Å². The fourth-order valence-corrected chi connectivity index (χ4v) is 1.28. The van der Waals surface area contributed by atoms with Crippen LogP contribution in [0.4, 0.5) is 32.0 Å². The van der Waals surface area contributed by atoms with E-state index in [1.54, 1.807) is 5.32 Å². The van der Waals surface area contributed by atoms with Crippen molar-refractivity contribution in [2.45, 2.75) is 12.4 Å². The molecule has 106 valence electrons. The summed E-state index contributed by atoms with van der Waals surface area (Å²) < 4.78 is 73.1. The monoisotopic (exact) mass is 287 g/mol. The zero-order valence-corrected chi connectivity index (χ0v) is 9.06. The Balaban J connectivity index is 3.07. The molecule has 0 saturated carbocycles. The van der Waals surface area contributed by atoms with Gasteiger partial charge in [0.25, 0.3) is 0 Å². The maximum absolute atomic E-state index is 12.5. The quantitative estimate of drug-likeness (QED) is 0.838. The molecule has 19 heavy (non-hydrogen) atoms. The van der Waals surface area contributed by atoms with Gasteiger partial charge in [-0.3, -0.25) is 0 Å². The van der Waals surface area contributed by atoms with Crippen molar-refractivity contribution in [2.24, 2.45) is 0 Å². The standard InChI is InChI=1S/C10H7F6NO2/c11-9(12,13)4-17-5-1-2-7(10(14,15)16)6(3-5)8(18)19/h1-3,17H,4H2,(H,18,19). The zero-order valence-electron chi connectivity index (χ0n) is 9.06. The number of benzene rings is 1. The summed E-state index contributed by atoms with van der Waals surface area (Å²) in [6.07, 6.45) is -9.46. The zero-order chi connectivity index (χ0) is 14.8. The second-order valence-corrected chi connectivity index (χ2v) is 3.53. The molecule has 0 radical (unpaired) electrons. The van der Waals surface area contributed by atoms with Crippen LogP contribution in [0.5, 0.6) is 0 Å². The maximum Gasteiger partial charge on any atom is 0.417 e. The molecule has 0 aliphatic carbocycles. The highest BCUT2D eigenvalue weighted by molar-refractivity contribution is 5.91. The first-order chi connectivity index (χ1) is 8.50. The average molecular weight is 287 g/mol. The van der Waals surface area contributed by atoms with Gasteiger partial charge < -0.3 is 10.4 Å². The number of aromatic carboxylic acids is 1. The Morgan fingerprint density at radius 1 is 1.16 bits per heavy atom. The van der Waals surface area contributed by atoms with Gasteiger partial charge in [0.05, 0.1) is 11.1 Å². The number of alkyl halides is 6. The van der Waals surface area contributed by atoms with Crippen LogP contribution >= 0.6 is 0 Å². The van der Waals surface area contributed by atoms with Crippen LogP contribution < -0.4 is 5.32 Å². The summed E-state index contributed by atoms with van der Waals surface area (Å²) in [6.45, 7) is -1.47. The average Bonchev–Trinajstić information content (AvgIpc) is 2.23. The smallest absolute Gasteiger partial charge is 0.417 e. The third kappa shape index (κ3) is 4.34. The lowest BCUT2D eigenvalue weighted by Gasteiger charge is -2.13.